The second kappa shape index (κ2) is 6.68. The van der Waals surface area contributed by atoms with E-state index in [-0.39, 0.29) is 19.1 Å². The fourth-order valence-corrected chi connectivity index (χ4v) is 0.637. The van der Waals surface area contributed by atoms with Crippen molar-refractivity contribution in [3.8, 4) is 0 Å². The van der Waals surface area contributed by atoms with E-state index in [0.717, 1.165) is 0 Å². The Morgan fingerprint density at radius 1 is 1.62 bits per heavy atom. The molecule has 0 spiro atoms. The third kappa shape index (κ3) is 7.55. The van der Waals surface area contributed by atoms with E-state index >= 15 is 0 Å². The maximum atomic E-state index is 10.8. The van der Waals surface area contributed by atoms with Crippen molar-refractivity contribution in [1.82, 2.24) is 5.32 Å². The minimum Gasteiger partial charge on any atom is -0.370 e. The molecule has 0 rings (SSSR count). The summed E-state index contributed by atoms with van der Waals surface area (Å²) in [4.78, 5) is 21.0. The number of ether oxygens (including phenoxy) is 1. The predicted molar refractivity (Wildman–Crippen MR) is 48.3 cm³/mol. The lowest BCUT2D eigenvalue weighted by molar-refractivity contribution is -0.122. The topological polar surface area (TPSA) is 81.4 Å². The number of rotatable bonds is 6. The van der Waals surface area contributed by atoms with Crippen LogP contribution in [-0.2, 0) is 14.3 Å². The van der Waals surface area contributed by atoms with Gasteiger partial charge in [0.25, 0.3) is 0 Å². The van der Waals surface area contributed by atoms with Crippen LogP contribution in [0.15, 0.2) is 0 Å². The van der Waals surface area contributed by atoms with Crippen LogP contribution in [-0.4, -0.2) is 36.9 Å². The van der Waals surface area contributed by atoms with E-state index in [9.17, 15) is 9.59 Å². The highest BCUT2D eigenvalue weighted by Crippen LogP contribution is 1.91. The molecular weight excluding hydrogens is 196 g/mol. The Labute approximate surface area is 81.6 Å². The van der Waals surface area contributed by atoms with Crippen LogP contribution < -0.4 is 11.1 Å². The van der Waals surface area contributed by atoms with Crippen molar-refractivity contribution in [3.05, 3.63) is 0 Å². The van der Waals surface area contributed by atoms with Gasteiger partial charge in [-0.3, -0.25) is 9.59 Å². The molecule has 0 fully saturated rings. The smallest absolute Gasteiger partial charge is 0.243 e. The van der Waals surface area contributed by atoms with E-state index < -0.39 is 11.3 Å². The molecule has 1 atom stereocenters. The highest BCUT2D eigenvalue weighted by atomic mass is 35.5. The fourth-order valence-electron chi connectivity index (χ4n) is 0.560. The van der Waals surface area contributed by atoms with E-state index in [1.54, 1.807) is 6.92 Å². The number of amides is 2. The van der Waals surface area contributed by atoms with E-state index in [0.29, 0.717) is 6.54 Å². The van der Waals surface area contributed by atoms with E-state index in [1.807, 2.05) is 0 Å². The van der Waals surface area contributed by atoms with Gasteiger partial charge in [0.05, 0.1) is 6.61 Å². The van der Waals surface area contributed by atoms with Crippen LogP contribution in [0.1, 0.15) is 6.92 Å². The number of hydrogen-bond donors (Lipinski definition) is 2. The predicted octanol–water partition coefficient (Wildman–Crippen LogP) is -0.768. The molecule has 0 heterocycles. The number of carbonyl (C=O) groups excluding carboxylic acids is 2. The maximum Gasteiger partial charge on any atom is 0.243 e. The Hall–Kier alpha value is -0.810. The summed E-state index contributed by atoms with van der Waals surface area (Å²) in [6, 6.07) is 0. The van der Waals surface area contributed by atoms with Crippen LogP contribution in [0.3, 0.4) is 0 Å². The number of nitrogens with one attached hydrogen (secondary N) is 1. The van der Waals surface area contributed by atoms with Crippen molar-refractivity contribution in [1.29, 1.82) is 0 Å². The van der Waals surface area contributed by atoms with Crippen molar-refractivity contribution in [3.63, 3.8) is 0 Å². The molecule has 2 amide bonds. The largest absolute Gasteiger partial charge is 0.370 e. The molecule has 0 saturated carbocycles. The van der Waals surface area contributed by atoms with Crippen molar-refractivity contribution >= 4 is 23.4 Å². The first-order valence-electron chi connectivity index (χ1n) is 3.82. The lowest BCUT2D eigenvalue weighted by Gasteiger charge is -2.05. The zero-order valence-electron chi connectivity index (χ0n) is 7.38. The number of carbonyl (C=O) groups is 2. The van der Waals surface area contributed by atoms with Gasteiger partial charge in [0, 0.05) is 6.54 Å². The second-order valence-corrected chi connectivity index (χ2v) is 3.08. The van der Waals surface area contributed by atoms with Crippen LogP contribution in [0.2, 0.25) is 0 Å². The zero-order valence-corrected chi connectivity index (χ0v) is 8.13. The van der Waals surface area contributed by atoms with Gasteiger partial charge in [0.15, 0.2) is 0 Å². The van der Waals surface area contributed by atoms with Gasteiger partial charge in [-0.2, -0.15) is 0 Å². The molecule has 0 aromatic carbocycles. The quantitative estimate of drug-likeness (QED) is 0.444. The number of halogens is 1. The molecule has 0 radical (unpaired) electrons. The maximum absolute atomic E-state index is 10.8. The molecule has 0 aliphatic heterocycles. The third-order valence-corrected chi connectivity index (χ3v) is 1.35. The van der Waals surface area contributed by atoms with E-state index in [2.05, 4.69) is 5.32 Å². The molecule has 0 bridgehead atoms. The van der Waals surface area contributed by atoms with E-state index in [1.165, 1.54) is 0 Å². The standard InChI is InChI=1S/C7H13ClN2O3/c1-5(8)7(12)10-2-3-13-4-6(9)11/h5H,2-4H2,1H3,(H2,9,11)(H,10,12). The van der Waals surface area contributed by atoms with Gasteiger partial charge >= 0.3 is 0 Å². The summed E-state index contributed by atoms with van der Waals surface area (Å²) < 4.78 is 4.79. The van der Waals surface area contributed by atoms with E-state index in [4.69, 9.17) is 22.1 Å². The molecule has 1 unspecified atom stereocenters. The van der Waals surface area contributed by atoms with Crippen LogP contribution in [0.25, 0.3) is 0 Å². The third-order valence-electron chi connectivity index (χ3n) is 1.15. The molecule has 6 heteroatoms. The molecule has 0 aliphatic carbocycles. The minimum absolute atomic E-state index is 0.133. The Bertz CT molecular complexity index is 185. The van der Waals surface area contributed by atoms with Gasteiger partial charge in [-0.25, -0.2) is 0 Å². The SMILES string of the molecule is CC(Cl)C(=O)NCCOCC(N)=O. The Morgan fingerprint density at radius 2 is 2.23 bits per heavy atom. The van der Waals surface area contributed by atoms with Crippen LogP contribution >= 0.6 is 11.6 Å². The normalized spacial score (nSPS) is 12.2. The number of alkyl halides is 1. The first kappa shape index (κ1) is 12.2. The summed E-state index contributed by atoms with van der Waals surface area (Å²) >= 11 is 5.46. The summed E-state index contributed by atoms with van der Waals surface area (Å²) in [5.74, 6) is -0.790. The Morgan fingerprint density at radius 3 is 2.69 bits per heavy atom. The molecule has 3 N–H and O–H groups in total. The van der Waals surface area contributed by atoms with Gasteiger partial charge in [-0.15, -0.1) is 11.6 Å². The average Bonchev–Trinajstić information content (AvgIpc) is 2.02. The molecule has 0 aromatic rings. The molecule has 76 valence electrons. The number of hydrogen-bond acceptors (Lipinski definition) is 3. The van der Waals surface area contributed by atoms with Gasteiger partial charge in [0.2, 0.25) is 11.8 Å². The molecular formula is C7H13ClN2O3. The lowest BCUT2D eigenvalue weighted by atomic mass is 10.4. The molecule has 0 aliphatic rings. The Kier molecular flexibility index (Phi) is 6.26. The van der Waals surface area contributed by atoms with Gasteiger partial charge in [-0.1, -0.05) is 0 Å². The number of nitrogens with two attached hydrogens (primary N) is 1. The molecule has 0 saturated heterocycles. The first-order valence-corrected chi connectivity index (χ1v) is 4.25. The van der Waals surface area contributed by atoms with Gasteiger partial charge < -0.3 is 15.8 Å². The summed E-state index contributed by atoms with van der Waals surface area (Å²) in [6.45, 7) is 2.01. The summed E-state index contributed by atoms with van der Waals surface area (Å²) in [7, 11) is 0. The van der Waals surface area contributed by atoms with Crippen LogP contribution in [0.5, 0.6) is 0 Å². The second-order valence-electron chi connectivity index (χ2n) is 2.43. The first-order chi connectivity index (χ1) is 6.04. The highest BCUT2D eigenvalue weighted by molar-refractivity contribution is 6.30. The van der Waals surface area contributed by atoms with Crippen molar-refractivity contribution in [2.75, 3.05) is 19.8 Å². The molecule has 0 aromatic heterocycles. The Balaban J connectivity index is 3.26. The fraction of sp³-hybridized carbons (Fsp3) is 0.714. The molecule has 13 heavy (non-hydrogen) atoms. The van der Waals surface area contributed by atoms with Crippen molar-refractivity contribution in [2.24, 2.45) is 5.73 Å². The summed E-state index contributed by atoms with van der Waals surface area (Å²) in [5.41, 5.74) is 4.81. The summed E-state index contributed by atoms with van der Waals surface area (Å²) in [6.07, 6.45) is 0. The minimum atomic E-state index is -0.559. The van der Waals surface area contributed by atoms with Crippen LogP contribution in [0, 0.1) is 0 Å². The lowest BCUT2D eigenvalue weighted by Crippen LogP contribution is -2.33. The van der Waals surface area contributed by atoms with Crippen molar-refractivity contribution < 1.29 is 14.3 Å². The monoisotopic (exact) mass is 208 g/mol. The average molecular weight is 209 g/mol. The summed E-state index contributed by atoms with van der Waals surface area (Å²) in [5, 5.41) is 1.95. The van der Waals surface area contributed by atoms with Gasteiger partial charge in [0.1, 0.15) is 12.0 Å². The van der Waals surface area contributed by atoms with Crippen molar-refractivity contribution in [2.45, 2.75) is 12.3 Å². The van der Waals surface area contributed by atoms with Gasteiger partial charge in [-0.05, 0) is 6.92 Å². The zero-order chi connectivity index (χ0) is 10.3. The number of primary amides is 1. The molecule has 5 nitrogen and oxygen atoms in total. The van der Waals surface area contributed by atoms with Crippen LogP contribution in [0.4, 0.5) is 0 Å². The highest BCUT2D eigenvalue weighted by Gasteiger charge is 2.06.